The van der Waals surface area contributed by atoms with Crippen LogP contribution in [0.1, 0.15) is 57.4 Å². The molecule has 6 nitrogen and oxygen atoms in total. The maximum atomic E-state index is 13.5. The van der Waals surface area contributed by atoms with Crippen LogP contribution in [0, 0.1) is 5.82 Å². The first-order valence-electron chi connectivity index (χ1n) is 8.16. The lowest BCUT2D eigenvalue weighted by Gasteiger charge is -2.17. The molecule has 0 aliphatic carbocycles. The van der Waals surface area contributed by atoms with Crippen LogP contribution in [0.25, 0.3) is 0 Å². The number of aromatic nitrogens is 2. The van der Waals surface area contributed by atoms with Crippen molar-refractivity contribution in [2.24, 2.45) is 0 Å². The summed E-state index contributed by atoms with van der Waals surface area (Å²) in [6, 6.07) is 3.84. The number of carbonyl (C=O) groups excluding carboxylic acids is 1. The number of hydrogen-bond acceptors (Lipinski definition) is 5. The summed E-state index contributed by atoms with van der Waals surface area (Å²) in [4.78, 5) is 16.5. The third-order valence-electron chi connectivity index (χ3n) is 3.74. The predicted molar refractivity (Wildman–Crippen MR) is 90.8 cm³/mol. The Morgan fingerprint density at radius 3 is 2.72 bits per heavy atom. The number of benzene rings is 1. The zero-order valence-corrected chi connectivity index (χ0v) is 15.2. The molecule has 1 aromatic carbocycles. The highest BCUT2D eigenvalue weighted by Crippen LogP contribution is 2.26. The second kappa shape index (κ2) is 7.63. The van der Waals surface area contributed by atoms with Crippen LogP contribution in [0.3, 0.4) is 0 Å². The Balaban J connectivity index is 1.94. The minimum absolute atomic E-state index is 0.186. The van der Waals surface area contributed by atoms with Crippen LogP contribution in [-0.4, -0.2) is 23.2 Å². The summed E-state index contributed by atoms with van der Waals surface area (Å²) in [7, 11) is 1.51. The smallest absolute Gasteiger partial charge is 0.227 e. The zero-order valence-electron chi connectivity index (χ0n) is 15.2. The minimum atomic E-state index is -0.383. The molecule has 0 unspecified atom stereocenters. The summed E-state index contributed by atoms with van der Waals surface area (Å²) in [5.74, 6) is 1.00. The zero-order chi connectivity index (χ0) is 18.6. The number of nitrogens with one attached hydrogen (secondary N) is 1. The van der Waals surface area contributed by atoms with Crippen molar-refractivity contribution in [3.05, 3.63) is 41.3 Å². The molecule has 0 radical (unpaired) electrons. The van der Waals surface area contributed by atoms with Crippen LogP contribution in [0.5, 0.6) is 5.75 Å². The summed E-state index contributed by atoms with van der Waals surface area (Å²) in [5, 5.41) is 6.76. The minimum Gasteiger partial charge on any atom is -0.496 e. The van der Waals surface area contributed by atoms with E-state index in [0.29, 0.717) is 29.4 Å². The molecule has 2 aromatic rings. The Kier molecular flexibility index (Phi) is 5.77. The lowest BCUT2D eigenvalue weighted by molar-refractivity contribution is -0.121. The molecule has 0 fully saturated rings. The number of rotatable bonds is 6. The molecule has 0 aliphatic heterocycles. The van der Waals surface area contributed by atoms with Crippen molar-refractivity contribution in [3.8, 4) is 5.75 Å². The molecule has 0 saturated carbocycles. The van der Waals surface area contributed by atoms with Crippen molar-refractivity contribution in [2.45, 2.75) is 52.0 Å². The third-order valence-corrected chi connectivity index (χ3v) is 3.74. The standard InChI is InChI=1S/C18H24FN3O3/c1-11(13-10-12(19)6-7-14(13)24-5)20-15(23)8-9-16-21-17(22-25-16)18(2,3)4/h6-7,10-11H,8-9H2,1-5H3,(H,20,23)/t11-/m1/s1. The van der Waals surface area contributed by atoms with E-state index in [-0.39, 0.29) is 29.6 Å². The topological polar surface area (TPSA) is 77.2 Å². The fourth-order valence-electron chi connectivity index (χ4n) is 2.32. The Bertz CT molecular complexity index is 737. The van der Waals surface area contributed by atoms with Gasteiger partial charge in [0.2, 0.25) is 11.8 Å². The maximum Gasteiger partial charge on any atom is 0.227 e. The van der Waals surface area contributed by atoms with Crippen molar-refractivity contribution < 1.29 is 18.4 Å². The first kappa shape index (κ1) is 18.9. The molecule has 1 heterocycles. The van der Waals surface area contributed by atoms with E-state index in [1.807, 2.05) is 20.8 Å². The molecular weight excluding hydrogens is 325 g/mol. The normalized spacial score (nSPS) is 12.7. The van der Waals surface area contributed by atoms with Gasteiger partial charge in [-0.05, 0) is 25.1 Å². The highest BCUT2D eigenvalue weighted by Gasteiger charge is 2.21. The van der Waals surface area contributed by atoms with Gasteiger partial charge in [-0.15, -0.1) is 0 Å². The number of carbonyl (C=O) groups is 1. The van der Waals surface area contributed by atoms with E-state index in [2.05, 4.69) is 15.5 Å². The Hall–Kier alpha value is -2.44. The molecule has 0 aliphatic rings. The van der Waals surface area contributed by atoms with Gasteiger partial charge < -0.3 is 14.6 Å². The fraction of sp³-hybridized carbons (Fsp3) is 0.500. The number of ether oxygens (including phenoxy) is 1. The Morgan fingerprint density at radius 2 is 2.12 bits per heavy atom. The van der Waals surface area contributed by atoms with Gasteiger partial charge in [-0.2, -0.15) is 4.98 Å². The molecule has 0 spiro atoms. The number of amides is 1. The average Bonchev–Trinajstić information content (AvgIpc) is 3.02. The number of methoxy groups -OCH3 is 1. The van der Waals surface area contributed by atoms with E-state index in [0.717, 1.165) is 0 Å². The van der Waals surface area contributed by atoms with E-state index in [4.69, 9.17) is 9.26 Å². The summed E-state index contributed by atoms with van der Waals surface area (Å²) >= 11 is 0. The quantitative estimate of drug-likeness (QED) is 0.865. The number of halogens is 1. The van der Waals surface area contributed by atoms with E-state index in [1.54, 1.807) is 13.0 Å². The summed E-state index contributed by atoms with van der Waals surface area (Å²) in [6.07, 6.45) is 0.551. The van der Waals surface area contributed by atoms with Crippen molar-refractivity contribution in [3.63, 3.8) is 0 Å². The number of nitrogens with zero attached hydrogens (tertiary/aromatic N) is 2. The van der Waals surface area contributed by atoms with Crippen LogP contribution in [0.15, 0.2) is 22.7 Å². The van der Waals surface area contributed by atoms with E-state index < -0.39 is 0 Å². The van der Waals surface area contributed by atoms with Gasteiger partial charge in [0.15, 0.2) is 5.82 Å². The molecule has 2 rings (SSSR count). The van der Waals surface area contributed by atoms with Crippen LogP contribution in [0.2, 0.25) is 0 Å². The molecule has 7 heteroatoms. The second-order valence-electron chi connectivity index (χ2n) is 6.94. The molecule has 25 heavy (non-hydrogen) atoms. The van der Waals surface area contributed by atoms with Gasteiger partial charge in [-0.25, -0.2) is 4.39 Å². The number of hydrogen-bond donors (Lipinski definition) is 1. The van der Waals surface area contributed by atoms with Crippen molar-refractivity contribution in [1.29, 1.82) is 0 Å². The fourth-order valence-corrected chi connectivity index (χ4v) is 2.32. The van der Waals surface area contributed by atoms with Gasteiger partial charge in [0, 0.05) is 23.8 Å². The predicted octanol–water partition coefficient (Wildman–Crippen LogP) is 3.32. The van der Waals surface area contributed by atoms with Gasteiger partial charge in [-0.3, -0.25) is 4.79 Å². The van der Waals surface area contributed by atoms with Gasteiger partial charge in [0.05, 0.1) is 13.2 Å². The first-order chi connectivity index (χ1) is 11.7. The average molecular weight is 349 g/mol. The van der Waals surface area contributed by atoms with Gasteiger partial charge in [-0.1, -0.05) is 25.9 Å². The molecule has 1 aromatic heterocycles. The SMILES string of the molecule is COc1ccc(F)cc1[C@@H](C)NC(=O)CCc1nc(C(C)(C)C)no1. The van der Waals surface area contributed by atoms with E-state index in [1.165, 1.54) is 19.2 Å². The summed E-state index contributed by atoms with van der Waals surface area (Å²) < 4.78 is 23.8. The van der Waals surface area contributed by atoms with Gasteiger partial charge >= 0.3 is 0 Å². The van der Waals surface area contributed by atoms with Crippen molar-refractivity contribution in [1.82, 2.24) is 15.5 Å². The maximum absolute atomic E-state index is 13.5. The highest BCUT2D eigenvalue weighted by molar-refractivity contribution is 5.76. The van der Waals surface area contributed by atoms with E-state index >= 15 is 0 Å². The van der Waals surface area contributed by atoms with Crippen LogP contribution < -0.4 is 10.1 Å². The monoisotopic (exact) mass is 349 g/mol. The molecule has 136 valence electrons. The van der Waals surface area contributed by atoms with Crippen molar-refractivity contribution in [2.75, 3.05) is 7.11 Å². The molecule has 1 amide bonds. The Morgan fingerprint density at radius 1 is 1.40 bits per heavy atom. The van der Waals surface area contributed by atoms with Crippen LogP contribution in [-0.2, 0) is 16.6 Å². The molecule has 1 N–H and O–H groups in total. The van der Waals surface area contributed by atoms with Gasteiger partial charge in [0.25, 0.3) is 0 Å². The number of aryl methyl sites for hydroxylation is 1. The van der Waals surface area contributed by atoms with Crippen molar-refractivity contribution >= 4 is 5.91 Å². The first-order valence-corrected chi connectivity index (χ1v) is 8.16. The van der Waals surface area contributed by atoms with Crippen LogP contribution >= 0.6 is 0 Å². The summed E-state index contributed by atoms with van der Waals surface area (Å²) in [5.41, 5.74) is 0.385. The van der Waals surface area contributed by atoms with Crippen LogP contribution in [0.4, 0.5) is 4.39 Å². The molecule has 1 atom stereocenters. The lowest BCUT2D eigenvalue weighted by atomic mass is 9.96. The lowest BCUT2D eigenvalue weighted by Crippen LogP contribution is -2.27. The largest absolute Gasteiger partial charge is 0.496 e. The molecular formula is C18H24FN3O3. The third kappa shape index (κ3) is 5.01. The summed E-state index contributed by atoms with van der Waals surface area (Å²) in [6.45, 7) is 7.74. The molecule has 0 bridgehead atoms. The van der Waals surface area contributed by atoms with E-state index in [9.17, 15) is 9.18 Å². The highest BCUT2D eigenvalue weighted by atomic mass is 19.1. The van der Waals surface area contributed by atoms with Gasteiger partial charge in [0.1, 0.15) is 11.6 Å². The second-order valence-corrected chi connectivity index (χ2v) is 6.94. The molecule has 0 saturated heterocycles. The Labute approximate surface area is 146 Å².